The van der Waals surface area contributed by atoms with Gasteiger partial charge in [-0.1, -0.05) is 13.8 Å². The van der Waals surface area contributed by atoms with Crippen LogP contribution in [0.5, 0.6) is 0 Å². The molecule has 2 N–H and O–H groups in total. The summed E-state index contributed by atoms with van der Waals surface area (Å²) < 4.78 is 0. The second-order valence-electron chi connectivity index (χ2n) is 6.97. The van der Waals surface area contributed by atoms with Crippen LogP contribution in [-0.4, -0.2) is 41.1 Å². The smallest absolute Gasteiger partial charge is 0.317 e. The molecule has 0 heterocycles. The molecule has 0 spiro atoms. The third-order valence-corrected chi connectivity index (χ3v) is 3.85. The fourth-order valence-corrected chi connectivity index (χ4v) is 2.59. The van der Waals surface area contributed by atoms with Crippen LogP contribution in [0.25, 0.3) is 0 Å². The molecular weight excluding hydrogens is 268 g/mol. The van der Waals surface area contributed by atoms with E-state index in [0.717, 1.165) is 13.0 Å². The van der Waals surface area contributed by atoms with Crippen molar-refractivity contribution in [3.63, 3.8) is 0 Å². The van der Waals surface area contributed by atoms with Crippen LogP contribution in [0.15, 0.2) is 0 Å². The summed E-state index contributed by atoms with van der Waals surface area (Å²) in [6.07, 6.45) is 3.36. The fraction of sp³-hybridized carbons (Fsp3) is 0.875. The molecule has 5 nitrogen and oxygen atoms in total. The minimum Gasteiger partial charge on any atom is -0.481 e. The van der Waals surface area contributed by atoms with Crippen molar-refractivity contribution in [2.45, 2.75) is 59.4 Å². The van der Waals surface area contributed by atoms with Gasteiger partial charge in [0.25, 0.3) is 0 Å². The van der Waals surface area contributed by atoms with E-state index < -0.39 is 5.97 Å². The largest absolute Gasteiger partial charge is 0.481 e. The highest BCUT2D eigenvalue weighted by molar-refractivity contribution is 5.74. The van der Waals surface area contributed by atoms with Gasteiger partial charge in [-0.15, -0.1) is 0 Å². The van der Waals surface area contributed by atoms with E-state index in [2.05, 4.69) is 19.2 Å². The van der Waals surface area contributed by atoms with Gasteiger partial charge in [-0.05, 0) is 50.9 Å². The van der Waals surface area contributed by atoms with E-state index in [1.54, 1.807) is 0 Å². The molecule has 21 heavy (non-hydrogen) atoms. The molecule has 0 aromatic heterocycles. The van der Waals surface area contributed by atoms with Gasteiger partial charge >= 0.3 is 12.0 Å². The molecule has 122 valence electrons. The van der Waals surface area contributed by atoms with Gasteiger partial charge < -0.3 is 15.3 Å². The van der Waals surface area contributed by atoms with E-state index in [-0.39, 0.29) is 24.4 Å². The Hall–Kier alpha value is -1.26. The van der Waals surface area contributed by atoms with Gasteiger partial charge in [-0.2, -0.15) is 0 Å². The molecule has 0 radical (unpaired) electrons. The Morgan fingerprint density at radius 3 is 2.29 bits per heavy atom. The number of aliphatic carboxylic acids is 1. The maximum Gasteiger partial charge on any atom is 0.317 e. The van der Waals surface area contributed by atoms with Gasteiger partial charge in [0.1, 0.15) is 0 Å². The Kier molecular flexibility index (Phi) is 6.99. The molecule has 1 fully saturated rings. The first kappa shape index (κ1) is 17.8. The topological polar surface area (TPSA) is 69.6 Å². The summed E-state index contributed by atoms with van der Waals surface area (Å²) in [5.41, 5.74) is 0. The SMILES string of the molecule is CC(C)C[C@H](CNC(=O)N(CC1CC1)C(C)C)CC(=O)O. The van der Waals surface area contributed by atoms with Crippen molar-refractivity contribution in [1.82, 2.24) is 10.2 Å². The lowest BCUT2D eigenvalue weighted by molar-refractivity contribution is -0.138. The first-order chi connectivity index (χ1) is 9.79. The molecule has 0 saturated heterocycles. The zero-order valence-corrected chi connectivity index (χ0v) is 13.8. The van der Waals surface area contributed by atoms with Gasteiger partial charge in [0, 0.05) is 25.6 Å². The molecule has 1 aliphatic carbocycles. The molecule has 1 atom stereocenters. The summed E-state index contributed by atoms with van der Waals surface area (Å²) in [6, 6.07) is 0.115. The minimum atomic E-state index is -0.798. The Bertz CT molecular complexity index is 351. The number of amides is 2. The molecule has 1 saturated carbocycles. The molecule has 0 aliphatic heterocycles. The van der Waals surface area contributed by atoms with Crippen LogP contribution in [0, 0.1) is 17.8 Å². The fourth-order valence-electron chi connectivity index (χ4n) is 2.59. The van der Waals surface area contributed by atoms with Crippen LogP contribution in [0.3, 0.4) is 0 Å². The monoisotopic (exact) mass is 298 g/mol. The van der Waals surface area contributed by atoms with Crippen LogP contribution in [0.1, 0.15) is 53.4 Å². The number of carbonyl (C=O) groups is 2. The van der Waals surface area contributed by atoms with Gasteiger partial charge in [0.05, 0.1) is 0 Å². The number of rotatable bonds is 9. The maximum atomic E-state index is 12.3. The lowest BCUT2D eigenvalue weighted by Gasteiger charge is -2.28. The van der Waals surface area contributed by atoms with Crippen LogP contribution < -0.4 is 5.32 Å². The summed E-state index contributed by atoms with van der Waals surface area (Å²) in [5.74, 6) is 0.289. The molecule has 5 heteroatoms. The van der Waals surface area contributed by atoms with E-state index in [4.69, 9.17) is 5.11 Å². The third-order valence-electron chi connectivity index (χ3n) is 3.85. The van der Waals surface area contributed by atoms with Gasteiger partial charge in [0.15, 0.2) is 0 Å². The van der Waals surface area contributed by atoms with Gasteiger partial charge in [-0.25, -0.2) is 4.79 Å². The highest BCUT2D eigenvalue weighted by Gasteiger charge is 2.28. The number of urea groups is 1. The first-order valence-corrected chi connectivity index (χ1v) is 8.05. The van der Waals surface area contributed by atoms with E-state index in [9.17, 15) is 9.59 Å². The molecule has 0 bridgehead atoms. The number of nitrogens with zero attached hydrogens (tertiary/aromatic N) is 1. The Labute approximate surface area is 128 Å². The number of carbonyl (C=O) groups excluding carboxylic acids is 1. The zero-order chi connectivity index (χ0) is 16.0. The van der Waals surface area contributed by atoms with Crippen molar-refractivity contribution in [1.29, 1.82) is 0 Å². The first-order valence-electron chi connectivity index (χ1n) is 8.05. The van der Waals surface area contributed by atoms with Gasteiger partial charge in [0.2, 0.25) is 0 Å². The maximum absolute atomic E-state index is 12.3. The van der Waals surface area contributed by atoms with Crippen LogP contribution in [0.2, 0.25) is 0 Å². The summed E-state index contributed by atoms with van der Waals surface area (Å²) in [5, 5.41) is 11.9. The van der Waals surface area contributed by atoms with Crippen LogP contribution >= 0.6 is 0 Å². The lowest BCUT2D eigenvalue weighted by Crippen LogP contribution is -2.46. The van der Waals surface area contributed by atoms with Gasteiger partial charge in [-0.3, -0.25) is 4.79 Å². The number of carboxylic acids is 1. The predicted molar refractivity (Wildman–Crippen MR) is 83.2 cm³/mol. The molecule has 0 aromatic rings. The van der Waals surface area contributed by atoms with E-state index in [0.29, 0.717) is 18.4 Å². The van der Waals surface area contributed by atoms with E-state index in [1.165, 1.54) is 12.8 Å². The quantitative estimate of drug-likeness (QED) is 0.687. The average molecular weight is 298 g/mol. The number of carboxylic acid groups (broad SMARTS) is 1. The van der Waals surface area contributed by atoms with Crippen LogP contribution in [-0.2, 0) is 4.79 Å². The normalized spacial score (nSPS) is 16.1. The standard InChI is InChI=1S/C16H30N2O3/c1-11(2)7-14(8-15(19)20)9-17-16(21)18(12(3)4)10-13-5-6-13/h11-14H,5-10H2,1-4H3,(H,17,21)(H,19,20)/t14-/m0/s1. The van der Waals surface area contributed by atoms with Crippen LogP contribution in [0.4, 0.5) is 4.79 Å². The van der Waals surface area contributed by atoms with E-state index in [1.807, 2.05) is 18.7 Å². The molecule has 2 amide bonds. The summed E-state index contributed by atoms with van der Waals surface area (Å²) in [6.45, 7) is 9.44. The third kappa shape index (κ3) is 7.34. The van der Waals surface area contributed by atoms with Crippen molar-refractivity contribution in [2.24, 2.45) is 17.8 Å². The number of nitrogens with one attached hydrogen (secondary N) is 1. The Balaban J connectivity index is 2.46. The van der Waals surface area contributed by atoms with Crippen molar-refractivity contribution in [3.05, 3.63) is 0 Å². The van der Waals surface area contributed by atoms with E-state index >= 15 is 0 Å². The molecule has 1 rings (SSSR count). The number of hydrogen-bond donors (Lipinski definition) is 2. The van der Waals surface area contributed by atoms with Crippen molar-refractivity contribution >= 4 is 12.0 Å². The highest BCUT2D eigenvalue weighted by atomic mass is 16.4. The summed E-state index contributed by atoms with van der Waals surface area (Å²) >= 11 is 0. The summed E-state index contributed by atoms with van der Waals surface area (Å²) in [4.78, 5) is 25.1. The minimum absolute atomic E-state index is 0.00128. The Morgan fingerprint density at radius 1 is 1.24 bits per heavy atom. The average Bonchev–Trinajstić information content (AvgIpc) is 3.14. The molecule has 0 unspecified atom stereocenters. The van der Waals surface area contributed by atoms with Crippen molar-refractivity contribution in [2.75, 3.05) is 13.1 Å². The molecular formula is C16H30N2O3. The zero-order valence-electron chi connectivity index (χ0n) is 13.8. The highest BCUT2D eigenvalue weighted by Crippen LogP contribution is 2.30. The summed E-state index contributed by atoms with van der Waals surface area (Å²) in [7, 11) is 0. The Morgan fingerprint density at radius 2 is 1.86 bits per heavy atom. The van der Waals surface area contributed by atoms with Crippen molar-refractivity contribution < 1.29 is 14.7 Å². The second kappa shape index (κ2) is 8.25. The predicted octanol–water partition coefficient (Wildman–Crippen LogP) is 2.95. The molecule has 0 aromatic carbocycles. The van der Waals surface area contributed by atoms with Crippen molar-refractivity contribution in [3.8, 4) is 0 Å². The lowest BCUT2D eigenvalue weighted by atomic mass is 9.94. The number of hydrogen-bond acceptors (Lipinski definition) is 2. The molecule has 1 aliphatic rings. The second-order valence-corrected chi connectivity index (χ2v) is 6.97.